The van der Waals surface area contributed by atoms with Gasteiger partial charge in [-0.1, -0.05) is 32.1 Å². The molecule has 1 aliphatic heterocycles. The summed E-state index contributed by atoms with van der Waals surface area (Å²) in [5.41, 5.74) is 4.22. The Morgan fingerprint density at radius 3 is 2.51 bits per heavy atom. The second kappa shape index (κ2) is 12.1. The molecular formula is C27H36N4O3S. The Morgan fingerprint density at radius 2 is 1.86 bits per heavy atom. The maximum absolute atomic E-state index is 13.0. The van der Waals surface area contributed by atoms with Gasteiger partial charge >= 0.3 is 0 Å². The lowest BCUT2D eigenvalue weighted by atomic mass is 10.0. The van der Waals surface area contributed by atoms with Crippen LogP contribution in [0.2, 0.25) is 0 Å². The summed E-state index contributed by atoms with van der Waals surface area (Å²) in [5, 5.41) is 8.38. The van der Waals surface area contributed by atoms with Crippen LogP contribution < -0.4 is 0 Å². The Labute approximate surface area is 209 Å². The van der Waals surface area contributed by atoms with Crippen LogP contribution in [0.25, 0.3) is 27.7 Å². The molecule has 3 aromatic rings. The molecule has 3 heterocycles. The largest absolute Gasteiger partial charge is 0.498 e. The second-order valence-electron chi connectivity index (χ2n) is 8.01. The predicted octanol–water partition coefficient (Wildman–Crippen LogP) is 6.17. The summed E-state index contributed by atoms with van der Waals surface area (Å²) in [4.78, 5) is 4.84. The van der Waals surface area contributed by atoms with E-state index in [2.05, 4.69) is 15.2 Å². The van der Waals surface area contributed by atoms with Crippen molar-refractivity contribution in [2.75, 3.05) is 19.7 Å². The van der Waals surface area contributed by atoms with Crippen molar-refractivity contribution in [1.29, 1.82) is 0 Å². The van der Waals surface area contributed by atoms with E-state index < -0.39 is 10.0 Å². The molecule has 0 bridgehead atoms. The number of fused-ring (bicyclic) bond motifs is 1. The maximum Gasteiger partial charge on any atom is 0.243 e. The van der Waals surface area contributed by atoms with Crippen LogP contribution in [0.5, 0.6) is 0 Å². The molecule has 188 valence electrons. The zero-order chi connectivity index (χ0) is 25.4. The molecule has 0 aliphatic carbocycles. The third-order valence-corrected chi connectivity index (χ3v) is 7.86. The Hall–Kier alpha value is -2.97. The first-order chi connectivity index (χ1) is 17.0. The molecular weight excluding hydrogens is 460 g/mol. The van der Waals surface area contributed by atoms with E-state index in [9.17, 15) is 8.42 Å². The molecule has 7 nitrogen and oxygen atoms in total. The third-order valence-electron chi connectivity index (χ3n) is 5.97. The van der Waals surface area contributed by atoms with E-state index in [4.69, 9.17) is 4.74 Å². The summed E-state index contributed by atoms with van der Waals surface area (Å²) in [6.07, 6.45) is 8.23. The fourth-order valence-corrected chi connectivity index (χ4v) is 5.72. The van der Waals surface area contributed by atoms with Crippen LogP contribution in [0.4, 0.5) is 0 Å². The van der Waals surface area contributed by atoms with E-state index in [1.807, 2.05) is 58.9 Å². The van der Waals surface area contributed by atoms with Gasteiger partial charge in [0.05, 0.1) is 23.0 Å². The molecule has 0 atom stereocenters. The molecule has 4 rings (SSSR count). The van der Waals surface area contributed by atoms with Crippen molar-refractivity contribution in [3.05, 3.63) is 60.1 Å². The number of hydrogen-bond donors (Lipinski definition) is 1. The van der Waals surface area contributed by atoms with Gasteiger partial charge in [-0.15, -0.1) is 0 Å². The van der Waals surface area contributed by atoms with Crippen molar-refractivity contribution in [1.82, 2.24) is 19.5 Å². The molecule has 35 heavy (non-hydrogen) atoms. The third kappa shape index (κ3) is 5.82. The zero-order valence-corrected chi connectivity index (χ0v) is 22.2. The predicted molar refractivity (Wildman–Crippen MR) is 142 cm³/mol. The smallest absolute Gasteiger partial charge is 0.243 e. The Morgan fingerprint density at radius 1 is 1.11 bits per heavy atom. The first-order valence-corrected chi connectivity index (χ1v) is 13.8. The van der Waals surface area contributed by atoms with Gasteiger partial charge in [-0.2, -0.15) is 9.40 Å². The van der Waals surface area contributed by atoms with E-state index in [0.29, 0.717) is 36.7 Å². The standard InChI is InChI=1S/C25H30N4O3S.C2H6/c1-4-18(14-21(5-2)32-6-3)24-23-16-20(17-26-25(23)28-27-24)19-10-9-11-22(15-19)33(30,31)29-12-7-8-13-29;1-2/h4-5,9-11,15-17H,6-8,12-14H2,1-3H3,(H,26,27,28);1-2H3/b18-4+,21-5+;. The highest BCUT2D eigenvalue weighted by molar-refractivity contribution is 7.89. The zero-order valence-electron chi connectivity index (χ0n) is 21.3. The molecule has 1 N–H and O–H groups in total. The summed E-state index contributed by atoms with van der Waals surface area (Å²) in [6.45, 7) is 11.7. The van der Waals surface area contributed by atoms with E-state index >= 15 is 0 Å². The number of aromatic nitrogens is 3. The number of pyridine rings is 1. The van der Waals surface area contributed by atoms with Gasteiger partial charge in [0.2, 0.25) is 10.0 Å². The molecule has 1 fully saturated rings. The minimum Gasteiger partial charge on any atom is -0.498 e. The van der Waals surface area contributed by atoms with Crippen LogP contribution in [-0.2, 0) is 14.8 Å². The number of ether oxygens (including phenoxy) is 1. The number of benzene rings is 1. The minimum atomic E-state index is -3.48. The van der Waals surface area contributed by atoms with Crippen LogP contribution in [0, 0.1) is 0 Å². The molecule has 0 spiro atoms. The van der Waals surface area contributed by atoms with Crippen LogP contribution >= 0.6 is 0 Å². The van der Waals surface area contributed by atoms with Gasteiger partial charge in [0, 0.05) is 36.7 Å². The second-order valence-corrected chi connectivity index (χ2v) is 9.95. The Bertz CT molecular complexity index is 1300. The highest BCUT2D eigenvalue weighted by Gasteiger charge is 2.27. The minimum absolute atomic E-state index is 0.318. The van der Waals surface area contributed by atoms with Gasteiger partial charge in [0.1, 0.15) is 0 Å². The Kier molecular flexibility index (Phi) is 9.23. The van der Waals surface area contributed by atoms with Crippen molar-refractivity contribution in [3.63, 3.8) is 0 Å². The van der Waals surface area contributed by atoms with E-state index in [0.717, 1.165) is 46.4 Å². The van der Waals surface area contributed by atoms with Crippen LogP contribution in [-0.4, -0.2) is 47.6 Å². The number of rotatable bonds is 8. The lowest BCUT2D eigenvalue weighted by Gasteiger charge is -2.16. The summed E-state index contributed by atoms with van der Waals surface area (Å²) >= 11 is 0. The number of nitrogens with one attached hydrogen (secondary N) is 1. The first-order valence-electron chi connectivity index (χ1n) is 12.4. The van der Waals surface area contributed by atoms with E-state index in [1.165, 1.54) is 0 Å². The average molecular weight is 497 g/mol. The molecule has 0 amide bonds. The number of sulfonamides is 1. The molecule has 0 unspecified atom stereocenters. The van der Waals surface area contributed by atoms with Crippen molar-refractivity contribution in [3.8, 4) is 11.1 Å². The normalized spacial score (nSPS) is 15.2. The van der Waals surface area contributed by atoms with Gasteiger partial charge in [0.15, 0.2) is 5.65 Å². The number of allylic oxidation sites excluding steroid dienone is 3. The Balaban J connectivity index is 0.00000167. The van der Waals surface area contributed by atoms with Crippen molar-refractivity contribution in [2.45, 2.75) is 58.8 Å². The number of aromatic amines is 1. The lowest BCUT2D eigenvalue weighted by Crippen LogP contribution is -2.27. The number of H-pyrrole nitrogens is 1. The average Bonchev–Trinajstić information content (AvgIpc) is 3.59. The highest BCUT2D eigenvalue weighted by atomic mass is 32.2. The summed E-state index contributed by atoms with van der Waals surface area (Å²) in [7, 11) is -3.48. The van der Waals surface area contributed by atoms with Gasteiger partial charge in [-0.3, -0.25) is 5.10 Å². The molecule has 1 saturated heterocycles. The first kappa shape index (κ1) is 26.6. The summed E-state index contributed by atoms with van der Waals surface area (Å²) in [6, 6.07) is 9.12. The van der Waals surface area contributed by atoms with Gasteiger partial charge < -0.3 is 4.74 Å². The molecule has 0 radical (unpaired) electrons. The number of hydrogen-bond acceptors (Lipinski definition) is 5. The van der Waals surface area contributed by atoms with Crippen molar-refractivity contribution in [2.24, 2.45) is 0 Å². The molecule has 8 heteroatoms. The SMILES string of the molecule is C/C=C(\C/C(=C\C)c1[nH]nc2ncc(-c3cccc(S(=O)(=O)N4CCCC4)c3)cc12)OCC.CC. The van der Waals surface area contributed by atoms with Gasteiger partial charge in [-0.05, 0) is 69.0 Å². The monoisotopic (exact) mass is 496 g/mol. The highest BCUT2D eigenvalue weighted by Crippen LogP contribution is 2.31. The molecule has 0 saturated carbocycles. The fourth-order valence-electron chi connectivity index (χ4n) is 4.16. The van der Waals surface area contributed by atoms with Crippen molar-refractivity contribution < 1.29 is 13.2 Å². The van der Waals surface area contributed by atoms with Gasteiger partial charge in [0.25, 0.3) is 0 Å². The molecule has 1 aromatic carbocycles. The quantitative estimate of drug-likeness (QED) is 0.377. The van der Waals surface area contributed by atoms with Crippen molar-refractivity contribution >= 4 is 26.6 Å². The summed E-state index contributed by atoms with van der Waals surface area (Å²) in [5.74, 6) is 0.900. The van der Waals surface area contributed by atoms with Crippen LogP contribution in [0.1, 0.15) is 59.6 Å². The van der Waals surface area contributed by atoms with E-state index in [1.54, 1.807) is 28.7 Å². The van der Waals surface area contributed by atoms with Crippen LogP contribution in [0.15, 0.2) is 59.3 Å². The maximum atomic E-state index is 13.0. The topological polar surface area (TPSA) is 88.2 Å². The van der Waals surface area contributed by atoms with E-state index in [-0.39, 0.29) is 0 Å². The lowest BCUT2D eigenvalue weighted by molar-refractivity contribution is 0.225. The van der Waals surface area contributed by atoms with Gasteiger partial charge in [-0.25, -0.2) is 13.4 Å². The fraction of sp³-hybridized carbons (Fsp3) is 0.407. The molecule has 2 aromatic heterocycles. The summed E-state index contributed by atoms with van der Waals surface area (Å²) < 4.78 is 33.3. The molecule has 1 aliphatic rings. The number of nitrogens with zero attached hydrogens (tertiary/aromatic N) is 3. The van der Waals surface area contributed by atoms with Crippen LogP contribution in [0.3, 0.4) is 0 Å².